The van der Waals surface area contributed by atoms with Crippen LogP contribution in [0.5, 0.6) is 0 Å². The van der Waals surface area contributed by atoms with Crippen molar-refractivity contribution in [3.8, 4) is 0 Å². The normalized spacial score (nSPS) is 11.8. The Bertz CT molecular complexity index is 1410. The summed E-state index contributed by atoms with van der Waals surface area (Å²) in [6, 6.07) is 18.4. The van der Waals surface area contributed by atoms with Crippen molar-refractivity contribution in [3.63, 3.8) is 0 Å². The first-order chi connectivity index (χ1) is 15.4. The molecule has 0 atom stereocenters. The lowest BCUT2D eigenvalue weighted by Crippen LogP contribution is -2.14. The van der Waals surface area contributed by atoms with Crippen LogP contribution in [0.25, 0.3) is 0 Å². The number of aliphatic imine (C=N–C) groups is 1. The summed E-state index contributed by atoms with van der Waals surface area (Å²) in [4.78, 5) is 16.5. The van der Waals surface area contributed by atoms with Crippen LogP contribution in [0, 0.1) is 0 Å². The highest BCUT2D eigenvalue weighted by Crippen LogP contribution is 2.23. The third-order valence-electron chi connectivity index (χ3n) is 4.70. The molecule has 8 nitrogen and oxygen atoms in total. The van der Waals surface area contributed by atoms with Crippen molar-refractivity contribution in [3.05, 3.63) is 100 Å². The quantitative estimate of drug-likeness (QED) is 0.403. The van der Waals surface area contributed by atoms with E-state index in [0.717, 1.165) is 9.54 Å². The molecular formula is C22H18ClN5O3S. The van der Waals surface area contributed by atoms with Crippen LogP contribution >= 0.6 is 11.6 Å². The number of nitrogens with two attached hydrogens (primary N) is 1. The van der Waals surface area contributed by atoms with Crippen molar-refractivity contribution >= 4 is 39.6 Å². The fraction of sp³-hybridized carbons (Fsp3) is 0.0455. The number of H-pyrrole nitrogens is 1. The average molecular weight is 468 g/mol. The Labute approximate surface area is 189 Å². The molecule has 0 unspecified atom stereocenters. The van der Waals surface area contributed by atoms with Gasteiger partial charge in [-0.15, -0.1) is 0 Å². The molecule has 4 aromatic rings. The van der Waals surface area contributed by atoms with Crippen LogP contribution in [-0.4, -0.2) is 34.7 Å². The standard InChI is InChI=1S/C22H18ClN5O3S/c23-16-7-4-6-15(12-16)13-19-20(21(24)29)22(27-26-19)25-14-17-8-5-11-28(17)32(30,31)18-9-2-1-3-10-18/h1-12,14H,13H2,(H2,24,29)(H,26,27). The van der Waals surface area contributed by atoms with Gasteiger partial charge in [-0.05, 0) is 42.0 Å². The topological polar surface area (TPSA) is 123 Å². The second-order valence-corrected chi connectivity index (χ2v) is 9.13. The van der Waals surface area contributed by atoms with Crippen LogP contribution < -0.4 is 5.73 Å². The number of hydrogen-bond donors (Lipinski definition) is 2. The fourth-order valence-corrected chi connectivity index (χ4v) is 4.79. The minimum Gasteiger partial charge on any atom is -0.365 e. The largest absolute Gasteiger partial charge is 0.365 e. The van der Waals surface area contributed by atoms with E-state index in [1.165, 1.54) is 24.5 Å². The molecule has 10 heteroatoms. The summed E-state index contributed by atoms with van der Waals surface area (Å²) in [7, 11) is -3.80. The van der Waals surface area contributed by atoms with E-state index in [9.17, 15) is 13.2 Å². The van der Waals surface area contributed by atoms with Crippen LogP contribution in [0.15, 0.2) is 82.8 Å². The number of hydrogen-bond acceptors (Lipinski definition) is 5. The number of rotatable bonds is 7. The number of nitrogens with zero attached hydrogens (tertiary/aromatic N) is 3. The lowest BCUT2D eigenvalue weighted by atomic mass is 10.1. The predicted octanol–water partition coefficient (Wildman–Crippen LogP) is 3.54. The molecule has 2 aromatic heterocycles. The second kappa shape index (κ2) is 8.81. The maximum Gasteiger partial charge on any atom is 0.268 e. The molecule has 2 aromatic carbocycles. The number of amides is 1. The number of carbonyl (C=O) groups is 1. The van der Waals surface area contributed by atoms with Crippen LogP contribution in [0.1, 0.15) is 27.3 Å². The molecule has 4 rings (SSSR count). The van der Waals surface area contributed by atoms with Gasteiger partial charge in [-0.1, -0.05) is 41.9 Å². The fourth-order valence-electron chi connectivity index (χ4n) is 3.23. The van der Waals surface area contributed by atoms with Gasteiger partial charge in [0.15, 0.2) is 5.82 Å². The van der Waals surface area contributed by atoms with E-state index in [1.54, 1.807) is 48.5 Å². The van der Waals surface area contributed by atoms with Gasteiger partial charge in [0.25, 0.3) is 15.9 Å². The van der Waals surface area contributed by atoms with Gasteiger partial charge < -0.3 is 5.73 Å². The molecule has 0 radical (unpaired) electrons. The van der Waals surface area contributed by atoms with E-state index in [2.05, 4.69) is 15.2 Å². The van der Waals surface area contributed by atoms with Gasteiger partial charge in [-0.3, -0.25) is 9.89 Å². The number of nitrogens with one attached hydrogen (secondary N) is 1. The molecule has 0 bridgehead atoms. The Balaban J connectivity index is 1.66. The highest BCUT2D eigenvalue weighted by Gasteiger charge is 2.20. The van der Waals surface area contributed by atoms with E-state index in [-0.39, 0.29) is 16.3 Å². The Kier molecular flexibility index (Phi) is 5.93. The molecule has 0 fully saturated rings. The molecular weight excluding hydrogens is 450 g/mol. The Morgan fingerprint density at radius 3 is 2.62 bits per heavy atom. The van der Waals surface area contributed by atoms with E-state index in [1.807, 2.05) is 6.07 Å². The molecule has 0 aliphatic rings. The molecule has 0 spiro atoms. The monoisotopic (exact) mass is 467 g/mol. The first-order valence-electron chi connectivity index (χ1n) is 9.50. The smallest absolute Gasteiger partial charge is 0.268 e. The third kappa shape index (κ3) is 4.34. The molecule has 0 saturated heterocycles. The van der Waals surface area contributed by atoms with Crippen LogP contribution in [-0.2, 0) is 16.4 Å². The summed E-state index contributed by atoms with van der Waals surface area (Å²) in [5, 5.41) is 7.45. The lowest BCUT2D eigenvalue weighted by molar-refractivity contribution is 0.1000. The summed E-state index contributed by atoms with van der Waals surface area (Å²) in [6.07, 6.45) is 3.10. The van der Waals surface area contributed by atoms with Gasteiger partial charge in [-0.25, -0.2) is 17.4 Å². The summed E-state index contributed by atoms with van der Waals surface area (Å²) in [6.45, 7) is 0. The van der Waals surface area contributed by atoms with E-state index in [4.69, 9.17) is 17.3 Å². The molecule has 162 valence electrons. The molecule has 0 saturated carbocycles. The first-order valence-corrected chi connectivity index (χ1v) is 11.3. The number of benzene rings is 2. The van der Waals surface area contributed by atoms with Crippen molar-refractivity contribution in [2.24, 2.45) is 10.7 Å². The lowest BCUT2D eigenvalue weighted by Gasteiger charge is -2.07. The zero-order valence-corrected chi connectivity index (χ0v) is 18.2. The number of aromatic nitrogens is 3. The summed E-state index contributed by atoms with van der Waals surface area (Å²) in [5.74, 6) is -0.630. The first kappa shape index (κ1) is 21.5. The van der Waals surface area contributed by atoms with Gasteiger partial charge in [0, 0.05) is 17.6 Å². The number of carbonyl (C=O) groups excluding carboxylic acids is 1. The number of halogens is 1. The predicted molar refractivity (Wildman–Crippen MR) is 122 cm³/mol. The Morgan fingerprint density at radius 1 is 1.12 bits per heavy atom. The van der Waals surface area contributed by atoms with Crippen LogP contribution in [0.3, 0.4) is 0 Å². The summed E-state index contributed by atoms with van der Waals surface area (Å²) < 4.78 is 27.0. The van der Waals surface area contributed by atoms with Gasteiger partial charge in [0.2, 0.25) is 0 Å². The van der Waals surface area contributed by atoms with Crippen molar-refractivity contribution in [2.75, 3.05) is 0 Å². The SMILES string of the molecule is NC(=O)c1c(N=Cc2cccn2S(=O)(=O)c2ccccc2)n[nH]c1Cc1cccc(Cl)c1. The Morgan fingerprint density at radius 2 is 1.91 bits per heavy atom. The second-order valence-electron chi connectivity index (χ2n) is 6.88. The van der Waals surface area contributed by atoms with E-state index >= 15 is 0 Å². The van der Waals surface area contributed by atoms with Crippen molar-refractivity contribution in [1.29, 1.82) is 0 Å². The third-order valence-corrected chi connectivity index (χ3v) is 6.65. The van der Waals surface area contributed by atoms with Gasteiger partial charge in [-0.2, -0.15) is 5.10 Å². The highest BCUT2D eigenvalue weighted by atomic mass is 35.5. The molecule has 3 N–H and O–H groups in total. The zero-order valence-electron chi connectivity index (χ0n) is 16.6. The van der Waals surface area contributed by atoms with Crippen LogP contribution in [0.2, 0.25) is 5.02 Å². The maximum atomic E-state index is 12.9. The average Bonchev–Trinajstić information content (AvgIpc) is 3.40. The Hall–Kier alpha value is -3.69. The highest BCUT2D eigenvalue weighted by molar-refractivity contribution is 7.90. The van der Waals surface area contributed by atoms with Crippen LogP contribution in [0.4, 0.5) is 5.82 Å². The molecule has 0 aliphatic carbocycles. The van der Waals surface area contributed by atoms with Gasteiger partial charge in [0.1, 0.15) is 5.56 Å². The minimum absolute atomic E-state index is 0.0689. The molecule has 0 aliphatic heterocycles. The minimum atomic E-state index is -3.80. The summed E-state index contributed by atoms with van der Waals surface area (Å²) >= 11 is 6.03. The van der Waals surface area contributed by atoms with Crippen molar-refractivity contribution in [2.45, 2.75) is 11.3 Å². The number of primary amides is 1. The van der Waals surface area contributed by atoms with Crippen molar-refractivity contribution < 1.29 is 13.2 Å². The molecule has 1 amide bonds. The summed E-state index contributed by atoms with van der Waals surface area (Å²) in [5.41, 5.74) is 7.34. The maximum absolute atomic E-state index is 12.9. The van der Waals surface area contributed by atoms with E-state index < -0.39 is 15.9 Å². The number of aromatic amines is 1. The molecule has 32 heavy (non-hydrogen) atoms. The zero-order chi connectivity index (χ0) is 22.7. The van der Waals surface area contributed by atoms with E-state index in [0.29, 0.717) is 22.8 Å². The van der Waals surface area contributed by atoms with Gasteiger partial charge in [0.05, 0.1) is 22.5 Å². The van der Waals surface area contributed by atoms with Crippen molar-refractivity contribution in [1.82, 2.24) is 14.2 Å². The molecule has 2 heterocycles. The van der Waals surface area contributed by atoms with Gasteiger partial charge >= 0.3 is 0 Å².